The molecule has 0 saturated heterocycles. The molecule has 0 radical (unpaired) electrons. The van der Waals surface area contributed by atoms with E-state index in [1.807, 2.05) is 37.3 Å². The first kappa shape index (κ1) is 13.2. The van der Waals surface area contributed by atoms with Gasteiger partial charge in [-0.15, -0.1) is 0 Å². The van der Waals surface area contributed by atoms with Gasteiger partial charge in [0.25, 0.3) is 5.56 Å². The Hall–Kier alpha value is -2.75. The van der Waals surface area contributed by atoms with Crippen LogP contribution in [0, 0.1) is 6.92 Å². The summed E-state index contributed by atoms with van der Waals surface area (Å²) in [6.07, 6.45) is 0. The van der Waals surface area contributed by atoms with Crippen LogP contribution in [0.15, 0.2) is 53.3 Å². The van der Waals surface area contributed by atoms with Crippen molar-refractivity contribution in [2.75, 3.05) is 5.32 Å². The molecule has 0 aliphatic rings. The molecule has 0 unspecified atom stereocenters. The van der Waals surface area contributed by atoms with Crippen molar-refractivity contribution in [1.29, 1.82) is 0 Å². The molecule has 4 nitrogen and oxygen atoms in total. The summed E-state index contributed by atoms with van der Waals surface area (Å²) in [6, 6.07) is 14.8. The monoisotopic (exact) mass is 280 g/mol. The first-order valence-corrected chi connectivity index (χ1v) is 6.78. The van der Waals surface area contributed by atoms with Gasteiger partial charge < -0.3 is 15.4 Å². The molecule has 1 heterocycles. The number of benzene rings is 2. The Balaban J connectivity index is 1.91. The first-order chi connectivity index (χ1) is 10.1. The normalized spacial score (nSPS) is 10.7. The summed E-state index contributed by atoms with van der Waals surface area (Å²) in [7, 11) is 0. The predicted molar refractivity (Wildman–Crippen MR) is 84.7 cm³/mol. The van der Waals surface area contributed by atoms with Gasteiger partial charge in [-0.3, -0.25) is 4.79 Å². The number of aromatic amines is 1. The van der Waals surface area contributed by atoms with Crippen LogP contribution in [0.4, 0.5) is 5.69 Å². The smallest absolute Gasteiger partial charge is 0.253 e. The Kier molecular flexibility index (Phi) is 3.36. The van der Waals surface area contributed by atoms with Crippen LogP contribution < -0.4 is 10.9 Å². The zero-order valence-electron chi connectivity index (χ0n) is 11.7. The molecular formula is C17H16N2O2. The lowest BCUT2D eigenvalue weighted by Gasteiger charge is -2.08. The summed E-state index contributed by atoms with van der Waals surface area (Å²) in [5, 5.41) is 13.8. The summed E-state index contributed by atoms with van der Waals surface area (Å²) >= 11 is 0. The van der Waals surface area contributed by atoms with Crippen LogP contribution in [-0.2, 0) is 6.54 Å². The van der Waals surface area contributed by atoms with E-state index in [2.05, 4.69) is 10.3 Å². The number of phenols is 1. The van der Waals surface area contributed by atoms with Gasteiger partial charge in [0.15, 0.2) is 0 Å². The van der Waals surface area contributed by atoms with Crippen LogP contribution in [0.25, 0.3) is 10.9 Å². The lowest BCUT2D eigenvalue weighted by atomic mass is 10.1. The molecule has 2 aromatic carbocycles. The lowest BCUT2D eigenvalue weighted by Crippen LogP contribution is -2.15. The van der Waals surface area contributed by atoms with Crippen LogP contribution in [0.3, 0.4) is 0 Å². The summed E-state index contributed by atoms with van der Waals surface area (Å²) in [4.78, 5) is 15.0. The highest BCUT2D eigenvalue weighted by Gasteiger charge is 2.05. The van der Waals surface area contributed by atoms with Gasteiger partial charge >= 0.3 is 0 Å². The van der Waals surface area contributed by atoms with Crippen molar-refractivity contribution in [1.82, 2.24) is 4.98 Å². The number of aryl methyl sites for hydroxylation is 1. The minimum Gasteiger partial charge on any atom is -0.506 e. The van der Waals surface area contributed by atoms with Crippen molar-refractivity contribution < 1.29 is 5.11 Å². The van der Waals surface area contributed by atoms with Gasteiger partial charge in [-0.05, 0) is 42.1 Å². The molecule has 3 N–H and O–H groups in total. The molecule has 0 fully saturated rings. The number of hydrogen-bond donors (Lipinski definition) is 3. The third kappa shape index (κ3) is 2.74. The minimum absolute atomic E-state index is 0.115. The summed E-state index contributed by atoms with van der Waals surface area (Å²) < 4.78 is 0. The number of nitrogens with one attached hydrogen (secondary N) is 2. The molecule has 0 spiro atoms. The molecule has 0 atom stereocenters. The van der Waals surface area contributed by atoms with Crippen molar-refractivity contribution in [3.63, 3.8) is 0 Å². The molecule has 3 aromatic rings. The molecular weight excluding hydrogens is 264 g/mol. The predicted octanol–water partition coefficient (Wildman–Crippen LogP) is 3.15. The van der Waals surface area contributed by atoms with E-state index in [1.165, 1.54) is 0 Å². The average Bonchev–Trinajstić information content (AvgIpc) is 2.46. The third-order valence-electron chi connectivity index (χ3n) is 3.45. The number of aromatic hydroxyl groups is 1. The Morgan fingerprint density at radius 2 is 1.95 bits per heavy atom. The van der Waals surface area contributed by atoms with Gasteiger partial charge in [-0.2, -0.15) is 0 Å². The molecule has 0 saturated carbocycles. The lowest BCUT2D eigenvalue weighted by molar-refractivity contribution is 0.477. The number of hydrogen-bond acceptors (Lipinski definition) is 3. The van der Waals surface area contributed by atoms with Gasteiger partial charge in [0.05, 0.1) is 5.69 Å². The van der Waals surface area contributed by atoms with Crippen molar-refractivity contribution in [3.05, 3.63) is 70.0 Å². The van der Waals surface area contributed by atoms with E-state index in [0.29, 0.717) is 17.8 Å². The zero-order chi connectivity index (χ0) is 14.8. The van der Waals surface area contributed by atoms with Crippen LogP contribution in [0.5, 0.6) is 5.75 Å². The quantitative estimate of drug-likeness (QED) is 0.646. The van der Waals surface area contributed by atoms with E-state index in [-0.39, 0.29) is 11.3 Å². The van der Waals surface area contributed by atoms with Gasteiger partial charge in [-0.1, -0.05) is 24.3 Å². The average molecular weight is 280 g/mol. The second-order valence-corrected chi connectivity index (χ2v) is 5.09. The van der Waals surface area contributed by atoms with Gasteiger partial charge in [0.1, 0.15) is 5.75 Å². The Bertz CT molecular complexity index is 853. The number of aromatic nitrogens is 1. The summed E-state index contributed by atoms with van der Waals surface area (Å²) in [5.41, 5.74) is 3.08. The maximum atomic E-state index is 12.1. The molecule has 3 rings (SSSR count). The Morgan fingerprint density at radius 3 is 2.76 bits per heavy atom. The van der Waals surface area contributed by atoms with E-state index >= 15 is 0 Å². The number of fused-ring (bicyclic) bond motifs is 1. The fourth-order valence-corrected chi connectivity index (χ4v) is 2.30. The fourth-order valence-electron chi connectivity index (χ4n) is 2.30. The number of para-hydroxylation sites is 2. The Labute approximate surface area is 122 Å². The highest BCUT2D eigenvalue weighted by molar-refractivity contribution is 5.79. The van der Waals surface area contributed by atoms with E-state index in [1.54, 1.807) is 18.2 Å². The molecule has 0 bridgehead atoms. The number of phenolic OH excluding ortho intramolecular Hbond substituents is 1. The number of anilines is 1. The molecule has 106 valence electrons. The molecule has 0 amide bonds. The van der Waals surface area contributed by atoms with E-state index in [0.717, 1.165) is 16.5 Å². The fraction of sp³-hybridized carbons (Fsp3) is 0.118. The van der Waals surface area contributed by atoms with Gasteiger partial charge in [0, 0.05) is 17.6 Å². The first-order valence-electron chi connectivity index (χ1n) is 6.78. The second kappa shape index (κ2) is 5.32. The molecule has 4 heteroatoms. The van der Waals surface area contributed by atoms with E-state index < -0.39 is 0 Å². The largest absolute Gasteiger partial charge is 0.506 e. The van der Waals surface area contributed by atoms with Gasteiger partial charge in [0.2, 0.25) is 0 Å². The maximum Gasteiger partial charge on any atom is 0.253 e. The second-order valence-electron chi connectivity index (χ2n) is 5.09. The molecule has 1 aromatic heterocycles. The van der Waals surface area contributed by atoms with Crippen molar-refractivity contribution in [3.8, 4) is 5.75 Å². The number of pyridine rings is 1. The van der Waals surface area contributed by atoms with Gasteiger partial charge in [-0.25, -0.2) is 0 Å². The van der Waals surface area contributed by atoms with Crippen molar-refractivity contribution in [2.24, 2.45) is 0 Å². The number of H-pyrrole nitrogens is 1. The zero-order valence-corrected chi connectivity index (χ0v) is 11.7. The number of rotatable bonds is 3. The van der Waals surface area contributed by atoms with Crippen LogP contribution >= 0.6 is 0 Å². The molecule has 21 heavy (non-hydrogen) atoms. The van der Waals surface area contributed by atoms with E-state index in [4.69, 9.17) is 0 Å². The topological polar surface area (TPSA) is 65.1 Å². The highest BCUT2D eigenvalue weighted by Crippen LogP contribution is 2.22. The highest BCUT2D eigenvalue weighted by atomic mass is 16.3. The third-order valence-corrected chi connectivity index (χ3v) is 3.45. The van der Waals surface area contributed by atoms with Crippen LogP contribution in [0.1, 0.15) is 11.1 Å². The Morgan fingerprint density at radius 1 is 1.14 bits per heavy atom. The molecule has 0 aliphatic heterocycles. The minimum atomic E-state index is -0.115. The van der Waals surface area contributed by atoms with E-state index in [9.17, 15) is 9.90 Å². The standard InChI is InChI=1S/C17H16N2O2/c1-11-6-7-12-9-13(17(21)19-15(12)8-11)10-18-14-4-2-3-5-16(14)20/h2-9,18,20H,10H2,1H3,(H,19,21). The van der Waals surface area contributed by atoms with Crippen LogP contribution in [0.2, 0.25) is 0 Å². The summed E-state index contributed by atoms with van der Waals surface area (Å²) in [5.74, 6) is 0.172. The van der Waals surface area contributed by atoms with Crippen LogP contribution in [-0.4, -0.2) is 10.1 Å². The summed E-state index contributed by atoms with van der Waals surface area (Å²) in [6.45, 7) is 2.35. The van der Waals surface area contributed by atoms with Crippen molar-refractivity contribution in [2.45, 2.75) is 13.5 Å². The maximum absolute atomic E-state index is 12.1. The SMILES string of the molecule is Cc1ccc2cc(CNc3ccccc3O)c(=O)[nH]c2c1. The van der Waals surface area contributed by atoms with Crippen molar-refractivity contribution >= 4 is 16.6 Å². The molecule has 0 aliphatic carbocycles.